The molecule has 0 saturated carbocycles. The topological polar surface area (TPSA) is 55.8 Å². The van der Waals surface area contributed by atoms with Crippen LogP contribution in [-0.4, -0.2) is 36.9 Å². The van der Waals surface area contributed by atoms with E-state index in [1.165, 1.54) is 19.6 Å². The first-order chi connectivity index (χ1) is 14.6. The highest BCUT2D eigenvalue weighted by atomic mass is 32.1. The van der Waals surface area contributed by atoms with E-state index in [-0.39, 0.29) is 18.3 Å². The van der Waals surface area contributed by atoms with Gasteiger partial charge in [0, 0.05) is 17.0 Å². The van der Waals surface area contributed by atoms with Crippen LogP contribution < -0.4 is 9.47 Å². The van der Waals surface area contributed by atoms with Crippen LogP contribution in [-0.2, 0) is 17.8 Å². The predicted octanol–water partition coefficient (Wildman–Crippen LogP) is 4.61. The van der Waals surface area contributed by atoms with Crippen molar-refractivity contribution in [3.05, 3.63) is 82.0 Å². The molecule has 0 fully saturated rings. The molecule has 156 valence electrons. The van der Waals surface area contributed by atoms with Crippen molar-refractivity contribution < 1.29 is 19.1 Å². The van der Waals surface area contributed by atoms with Crippen molar-refractivity contribution in [3.63, 3.8) is 0 Å². The van der Waals surface area contributed by atoms with Gasteiger partial charge in [-0.25, -0.2) is 0 Å². The fraction of sp³-hybridized carbons (Fsp3) is 0.250. The summed E-state index contributed by atoms with van der Waals surface area (Å²) in [5.41, 5.74) is 1.72. The molecule has 0 aliphatic carbocycles. The maximum atomic E-state index is 12.9. The number of methoxy groups -OCH3 is 1. The average Bonchev–Trinajstić information content (AvgIpc) is 3.28. The van der Waals surface area contributed by atoms with Crippen molar-refractivity contribution >= 4 is 23.0 Å². The molecule has 0 spiro atoms. The van der Waals surface area contributed by atoms with Gasteiger partial charge in [-0.15, -0.1) is 11.3 Å². The van der Waals surface area contributed by atoms with Gasteiger partial charge >= 0.3 is 0 Å². The third kappa shape index (κ3) is 5.94. The van der Waals surface area contributed by atoms with E-state index in [0.29, 0.717) is 30.2 Å². The highest BCUT2D eigenvalue weighted by Crippen LogP contribution is 2.28. The number of ketones is 1. The molecule has 2 aromatic carbocycles. The van der Waals surface area contributed by atoms with Gasteiger partial charge in [-0.05, 0) is 48.6 Å². The standard InChI is InChI=1S/C24H25NO4S/c1-18(26)20-10-11-22(23(15-20)28-2)29-17-24(27)25(16-21-9-6-14-30-21)13-12-19-7-4-3-5-8-19/h3-11,14-15H,12-13,16-17H2,1-2H3. The number of amides is 1. The Balaban J connectivity index is 1.67. The van der Waals surface area contributed by atoms with Crippen LogP contribution in [0, 0.1) is 0 Å². The van der Waals surface area contributed by atoms with Gasteiger partial charge in [0.1, 0.15) is 0 Å². The van der Waals surface area contributed by atoms with Crippen LogP contribution in [0.4, 0.5) is 0 Å². The molecule has 0 aliphatic rings. The zero-order valence-electron chi connectivity index (χ0n) is 17.2. The van der Waals surface area contributed by atoms with Crippen molar-refractivity contribution in [3.8, 4) is 11.5 Å². The second-order valence-electron chi connectivity index (χ2n) is 6.84. The van der Waals surface area contributed by atoms with Gasteiger partial charge in [-0.1, -0.05) is 36.4 Å². The zero-order chi connectivity index (χ0) is 21.3. The molecule has 30 heavy (non-hydrogen) atoms. The molecule has 1 aromatic heterocycles. The molecule has 0 atom stereocenters. The smallest absolute Gasteiger partial charge is 0.260 e. The van der Waals surface area contributed by atoms with E-state index in [4.69, 9.17) is 9.47 Å². The molecular formula is C24H25NO4S. The van der Waals surface area contributed by atoms with Gasteiger partial charge in [0.2, 0.25) is 0 Å². The Morgan fingerprint density at radius 3 is 2.47 bits per heavy atom. The van der Waals surface area contributed by atoms with E-state index >= 15 is 0 Å². The minimum atomic E-state index is -0.101. The van der Waals surface area contributed by atoms with Crippen LogP contribution in [0.25, 0.3) is 0 Å². The molecule has 1 heterocycles. The molecule has 0 unspecified atom stereocenters. The van der Waals surface area contributed by atoms with Gasteiger partial charge in [-0.2, -0.15) is 0 Å². The fourth-order valence-corrected chi connectivity index (χ4v) is 3.75. The van der Waals surface area contributed by atoms with Gasteiger partial charge in [0.15, 0.2) is 23.9 Å². The molecule has 3 aromatic rings. The van der Waals surface area contributed by atoms with Crippen LogP contribution in [0.3, 0.4) is 0 Å². The minimum absolute atomic E-state index is 0.0565. The number of carbonyl (C=O) groups is 2. The van der Waals surface area contributed by atoms with Crippen LogP contribution in [0.15, 0.2) is 66.0 Å². The van der Waals surface area contributed by atoms with Crippen LogP contribution in [0.2, 0.25) is 0 Å². The normalized spacial score (nSPS) is 10.5. The van der Waals surface area contributed by atoms with Gasteiger partial charge in [0.05, 0.1) is 13.7 Å². The second kappa shape index (κ2) is 10.6. The van der Waals surface area contributed by atoms with E-state index in [0.717, 1.165) is 11.3 Å². The highest BCUT2D eigenvalue weighted by Gasteiger charge is 2.17. The summed E-state index contributed by atoms with van der Waals surface area (Å²) in [5.74, 6) is 0.718. The lowest BCUT2D eigenvalue weighted by Gasteiger charge is -2.23. The maximum absolute atomic E-state index is 12.9. The van der Waals surface area contributed by atoms with Crippen molar-refractivity contribution in [1.29, 1.82) is 0 Å². The van der Waals surface area contributed by atoms with Crippen LogP contribution in [0.1, 0.15) is 27.7 Å². The first kappa shape index (κ1) is 21.6. The quantitative estimate of drug-likeness (QED) is 0.447. The Bertz CT molecular complexity index is 970. The number of Topliss-reactive ketones (excluding diaryl/α,β-unsaturated/α-hetero) is 1. The van der Waals surface area contributed by atoms with Crippen molar-refractivity contribution in [1.82, 2.24) is 4.90 Å². The maximum Gasteiger partial charge on any atom is 0.260 e. The van der Waals surface area contributed by atoms with Crippen molar-refractivity contribution in [2.45, 2.75) is 19.9 Å². The number of hydrogen-bond donors (Lipinski definition) is 0. The Kier molecular flexibility index (Phi) is 7.63. The van der Waals surface area contributed by atoms with E-state index in [9.17, 15) is 9.59 Å². The number of hydrogen-bond acceptors (Lipinski definition) is 5. The summed E-state index contributed by atoms with van der Waals surface area (Å²) >= 11 is 1.63. The number of rotatable bonds is 10. The monoisotopic (exact) mass is 423 g/mol. The Morgan fingerprint density at radius 1 is 1.00 bits per heavy atom. The van der Waals surface area contributed by atoms with E-state index < -0.39 is 0 Å². The largest absolute Gasteiger partial charge is 0.493 e. The van der Waals surface area contributed by atoms with Gasteiger partial charge in [0.25, 0.3) is 5.91 Å². The Morgan fingerprint density at radius 2 is 1.80 bits per heavy atom. The number of thiophene rings is 1. The second-order valence-corrected chi connectivity index (χ2v) is 7.87. The molecule has 0 saturated heterocycles. The molecule has 5 nitrogen and oxygen atoms in total. The lowest BCUT2D eigenvalue weighted by atomic mass is 10.1. The van der Waals surface area contributed by atoms with Crippen molar-refractivity contribution in [2.75, 3.05) is 20.3 Å². The molecular weight excluding hydrogens is 398 g/mol. The first-order valence-corrected chi connectivity index (χ1v) is 10.6. The molecule has 1 amide bonds. The van der Waals surface area contributed by atoms with Crippen LogP contribution >= 0.6 is 11.3 Å². The third-order valence-electron chi connectivity index (χ3n) is 4.71. The highest BCUT2D eigenvalue weighted by molar-refractivity contribution is 7.09. The summed E-state index contributed by atoms with van der Waals surface area (Å²) in [5, 5.41) is 2.01. The fourth-order valence-electron chi connectivity index (χ4n) is 3.03. The summed E-state index contributed by atoms with van der Waals surface area (Å²) in [6.45, 7) is 2.54. The lowest BCUT2D eigenvalue weighted by molar-refractivity contribution is -0.134. The van der Waals surface area contributed by atoms with E-state index in [2.05, 4.69) is 12.1 Å². The molecule has 0 bridgehead atoms. The number of carbonyl (C=O) groups excluding carboxylic acids is 2. The Labute approximate surface area is 180 Å². The Hall–Kier alpha value is -3.12. The lowest BCUT2D eigenvalue weighted by Crippen LogP contribution is -2.35. The summed E-state index contributed by atoms with van der Waals surface area (Å²) in [7, 11) is 1.51. The predicted molar refractivity (Wildman–Crippen MR) is 118 cm³/mol. The average molecular weight is 424 g/mol. The number of nitrogens with zero attached hydrogens (tertiary/aromatic N) is 1. The zero-order valence-corrected chi connectivity index (χ0v) is 18.0. The van der Waals surface area contributed by atoms with Gasteiger partial charge < -0.3 is 14.4 Å². The van der Waals surface area contributed by atoms with E-state index in [1.807, 2.05) is 40.6 Å². The van der Waals surface area contributed by atoms with E-state index in [1.54, 1.807) is 29.5 Å². The number of benzene rings is 2. The number of ether oxygens (including phenoxy) is 2. The van der Waals surface area contributed by atoms with Crippen molar-refractivity contribution in [2.24, 2.45) is 0 Å². The summed E-state index contributed by atoms with van der Waals surface area (Å²) in [6.07, 6.45) is 0.772. The van der Waals surface area contributed by atoms with Gasteiger partial charge in [-0.3, -0.25) is 9.59 Å². The summed E-state index contributed by atoms with van der Waals surface area (Å²) < 4.78 is 11.1. The molecule has 0 radical (unpaired) electrons. The van der Waals surface area contributed by atoms with Crippen LogP contribution in [0.5, 0.6) is 11.5 Å². The summed E-state index contributed by atoms with van der Waals surface area (Å²) in [4.78, 5) is 27.5. The molecule has 0 N–H and O–H groups in total. The minimum Gasteiger partial charge on any atom is -0.493 e. The molecule has 3 rings (SSSR count). The summed E-state index contributed by atoms with van der Waals surface area (Å²) in [6, 6.07) is 19.1. The molecule has 0 aliphatic heterocycles. The SMILES string of the molecule is COc1cc(C(C)=O)ccc1OCC(=O)N(CCc1ccccc1)Cc1cccs1. The molecule has 6 heteroatoms. The first-order valence-electron chi connectivity index (χ1n) is 9.72. The third-order valence-corrected chi connectivity index (χ3v) is 5.58.